The van der Waals surface area contributed by atoms with E-state index in [1.165, 1.54) is 5.56 Å². The Labute approximate surface area is 145 Å². The van der Waals surface area contributed by atoms with Gasteiger partial charge in [-0.25, -0.2) is 9.97 Å². The standard InChI is InChI=1S/C18H19N7/c1-23(17-16-9-21-24(2)18(16)20-13-19-17)10-15-8-22-25(12-15)11-14-6-4-3-5-7-14/h3-9,12-13H,10-11H2,1-2H3. The minimum Gasteiger partial charge on any atom is -0.355 e. The highest BCUT2D eigenvalue weighted by Gasteiger charge is 2.12. The molecule has 4 aromatic rings. The van der Waals surface area contributed by atoms with E-state index in [2.05, 4.69) is 43.4 Å². The molecule has 0 spiro atoms. The summed E-state index contributed by atoms with van der Waals surface area (Å²) in [4.78, 5) is 10.8. The monoisotopic (exact) mass is 333 g/mol. The zero-order chi connectivity index (χ0) is 17.2. The van der Waals surface area contributed by atoms with Crippen molar-refractivity contribution < 1.29 is 0 Å². The summed E-state index contributed by atoms with van der Waals surface area (Å²) in [6.45, 7) is 1.49. The van der Waals surface area contributed by atoms with E-state index in [1.807, 2.05) is 43.2 Å². The van der Waals surface area contributed by atoms with Gasteiger partial charge in [-0.2, -0.15) is 10.2 Å². The molecule has 0 radical (unpaired) electrons. The van der Waals surface area contributed by atoms with Gasteiger partial charge in [0.25, 0.3) is 0 Å². The third-order valence-electron chi connectivity index (χ3n) is 4.16. The lowest BCUT2D eigenvalue weighted by Crippen LogP contribution is -2.17. The predicted octanol–water partition coefficient (Wildman–Crippen LogP) is 2.24. The first-order valence-corrected chi connectivity index (χ1v) is 8.10. The SMILES string of the molecule is CN(Cc1cnn(Cc2ccccc2)c1)c1ncnc2c1cnn2C. The number of hydrogen-bond donors (Lipinski definition) is 0. The van der Waals surface area contributed by atoms with Crippen molar-refractivity contribution in [3.8, 4) is 0 Å². The van der Waals surface area contributed by atoms with Crippen LogP contribution in [0.3, 0.4) is 0 Å². The summed E-state index contributed by atoms with van der Waals surface area (Å²) in [6.07, 6.45) is 7.36. The second-order valence-corrected chi connectivity index (χ2v) is 6.09. The minimum absolute atomic E-state index is 0.718. The highest BCUT2D eigenvalue weighted by molar-refractivity contribution is 5.86. The lowest BCUT2D eigenvalue weighted by Gasteiger charge is -2.17. The maximum atomic E-state index is 4.47. The van der Waals surface area contributed by atoms with Gasteiger partial charge >= 0.3 is 0 Å². The summed E-state index contributed by atoms with van der Waals surface area (Å²) in [6, 6.07) is 10.3. The van der Waals surface area contributed by atoms with E-state index < -0.39 is 0 Å². The van der Waals surface area contributed by atoms with E-state index in [1.54, 1.807) is 17.2 Å². The lowest BCUT2D eigenvalue weighted by atomic mass is 10.2. The summed E-state index contributed by atoms with van der Waals surface area (Å²) in [7, 11) is 3.90. The molecule has 0 unspecified atom stereocenters. The Morgan fingerprint density at radius 1 is 1.00 bits per heavy atom. The fourth-order valence-corrected chi connectivity index (χ4v) is 2.95. The van der Waals surface area contributed by atoms with E-state index in [9.17, 15) is 0 Å². The van der Waals surface area contributed by atoms with Crippen molar-refractivity contribution in [1.82, 2.24) is 29.5 Å². The molecule has 126 valence electrons. The molecule has 3 heterocycles. The summed E-state index contributed by atoms with van der Waals surface area (Å²) in [5.41, 5.74) is 3.20. The van der Waals surface area contributed by atoms with Gasteiger partial charge in [0.2, 0.25) is 0 Å². The zero-order valence-corrected chi connectivity index (χ0v) is 14.2. The molecule has 7 nitrogen and oxygen atoms in total. The molecule has 0 fully saturated rings. The van der Waals surface area contributed by atoms with Gasteiger partial charge in [-0.1, -0.05) is 30.3 Å². The number of aromatic nitrogens is 6. The van der Waals surface area contributed by atoms with Crippen LogP contribution < -0.4 is 4.90 Å². The minimum atomic E-state index is 0.718. The summed E-state index contributed by atoms with van der Waals surface area (Å²) in [5, 5.41) is 9.68. The first kappa shape index (κ1) is 15.3. The zero-order valence-electron chi connectivity index (χ0n) is 14.2. The fourth-order valence-electron chi connectivity index (χ4n) is 2.95. The van der Waals surface area contributed by atoms with Gasteiger partial charge in [0.05, 0.1) is 24.3 Å². The van der Waals surface area contributed by atoms with Gasteiger partial charge in [-0.3, -0.25) is 9.36 Å². The molecule has 0 saturated carbocycles. The normalized spacial score (nSPS) is 11.1. The Bertz CT molecular complexity index is 987. The molecule has 1 aromatic carbocycles. The van der Waals surface area contributed by atoms with Crippen LogP contribution in [0.4, 0.5) is 5.82 Å². The second-order valence-electron chi connectivity index (χ2n) is 6.09. The van der Waals surface area contributed by atoms with Crippen molar-refractivity contribution in [3.05, 3.63) is 66.4 Å². The average molecular weight is 333 g/mol. The van der Waals surface area contributed by atoms with Crippen molar-refractivity contribution in [2.45, 2.75) is 13.1 Å². The van der Waals surface area contributed by atoms with Crippen LogP contribution in [0.5, 0.6) is 0 Å². The molecule has 0 aliphatic carbocycles. The van der Waals surface area contributed by atoms with Crippen LogP contribution in [0.2, 0.25) is 0 Å². The Hall–Kier alpha value is -3.22. The summed E-state index contributed by atoms with van der Waals surface area (Å²) in [5.74, 6) is 0.869. The first-order chi connectivity index (χ1) is 12.2. The van der Waals surface area contributed by atoms with Crippen LogP contribution in [0.25, 0.3) is 11.0 Å². The number of benzene rings is 1. The molecule has 0 bridgehead atoms. The smallest absolute Gasteiger partial charge is 0.163 e. The van der Waals surface area contributed by atoms with E-state index in [-0.39, 0.29) is 0 Å². The lowest BCUT2D eigenvalue weighted by molar-refractivity contribution is 0.686. The molecule has 4 rings (SSSR count). The molecule has 25 heavy (non-hydrogen) atoms. The van der Waals surface area contributed by atoms with Crippen LogP contribution in [0, 0.1) is 0 Å². The van der Waals surface area contributed by atoms with Gasteiger partial charge in [-0.15, -0.1) is 0 Å². The maximum absolute atomic E-state index is 4.47. The molecule has 0 saturated heterocycles. The Morgan fingerprint density at radius 2 is 1.84 bits per heavy atom. The van der Waals surface area contributed by atoms with Crippen LogP contribution in [0.1, 0.15) is 11.1 Å². The van der Waals surface area contributed by atoms with E-state index in [0.717, 1.165) is 35.5 Å². The number of nitrogens with zero attached hydrogens (tertiary/aromatic N) is 7. The van der Waals surface area contributed by atoms with Crippen molar-refractivity contribution in [3.63, 3.8) is 0 Å². The first-order valence-electron chi connectivity index (χ1n) is 8.10. The van der Waals surface area contributed by atoms with Gasteiger partial charge in [0.15, 0.2) is 5.65 Å². The molecule has 0 aliphatic rings. The Kier molecular flexibility index (Phi) is 3.89. The third kappa shape index (κ3) is 3.08. The Morgan fingerprint density at radius 3 is 2.68 bits per heavy atom. The van der Waals surface area contributed by atoms with Crippen LogP contribution in [-0.2, 0) is 20.1 Å². The van der Waals surface area contributed by atoms with Gasteiger partial charge < -0.3 is 4.90 Å². The molecular formula is C18H19N7. The number of rotatable bonds is 5. The van der Waals surface area contributed by atoms with Crippen LogP contribution >= 0.6 is 0 Å². The van der Waals surface area contributed by atoms with E-state index in [0.29, 0.717) is 0 Å². The second kappa shape index (κ2) is 6.35. The highest BCUT2D eigenvalue weighted by atomic mass is 15.3. The van der Waals surface area contributed by atoms with E-state index in [4.69, 9.17) is 0 Å². The maximum Gasteiger partial charge on any atom is 0.163 e. The number of hydrogen-bond acceptors (Lipinski definition) is 5. The summed E-state index contributed by atoms with van der Waals surface area (Å²) >= 11 is 0. The van der Waals surface area contributed by atoms with Crippen LogP contribution in [0.15, 0.2) is 55.2 Å². The molecule has 0 N–H and O–H groups in total. The van der Waals surface area contributed by atoms with Gasteiger partial charge in [-0.05, 0) is 5.56 Å². The third-order valence-corrected chi connectivity index (χ3v) is 4.16. The topological polar surface area (TPSA) is 64.7 Å². The molecule has 0 amide bonds. The van der Waals surface area contributed by atoms with Crippen molar-refractivity contribution >= 4 is 16.9 Å². The number of aryl methyl sites for hydroxylation is 1. The molecule has 7 heteroatoms. The predicted molar refractivity (Wildman–Crippen MR) is 96.2 cm³/mol. The molecule has 0 atom stereocenters. The van der Waals surface area contributed by atoms with Crippen molar-refractivity contribution in [2.24, 2.45) is 7.05 Å². The largest absolute Gasteiger partial charge is 0.355 e. The Balaban J connectivity index is 1.52. The van der Waals surface area contributed by atoms with Gasteiger partial charge in [0.1, 0.15) is 12.1 Å². The number of fused-ring (bicyclic) bond motifs is 1. The molecule has 3 aromatic heterocycles. The highest BCUT2D eigenvalue weighted by Crippen LogP contribution is 2.22. The number of anilines is 1. The van der Waals surface area contributed by atoms with Crippen molar-refractivity contribution in [2.75, 3.05) is 11.9 Å². The van der Waals surface area contributed by atoms with Gasteiger partial charge in [0, 0.05) is 32.4 Å². The molecule has 0 aliphatic heterocycles. The quantitative estimate of drug-likeness (QED) is 0.560. The van der Waals surface area contributed by atoms with E-state index >= 15 is 0 Å². The summed E-state index contributed by atoms with van der Waals surface area (Å²) < 4.78 is 3.71. The average Bonchev–Trinajstić information content (AvgIpc) is 3.22. The fraction of sp³-hybridized carbons (Fsp3) is 0.222. The molecular weight excluding hydrogens is 314 g/mol. The van der Waals surface area contributed by atoms with Crippen LogP contribution in [-0.4, -0.2) is 36.6 Å². The van der Waals surface area contributed by atoms with Crippen molar-refractivity contribution in [1.29, 1.82) is 0 Å².